The number of benzene rings is 1. The monoisotopic (exact) mass is 603 g/mol. The quantitative estimate of drug-likeness (QED) is 0.307. The number of imidazole rings is 1. The van der Waals surface area contributed by atoms with E-state index in [1.807, 2.05) is 5.32 Å². The lowest BCUT2D eigenvalue weighted by atomic mass is 10.00. The van der Waals surface area contributed by atoms with Gasteiger partial charge in [-0.1, -0.05) is 11.2 Å². The van der Waals surface area contributed by atoms with Gasteiger partial charge >= 0.3 is 18.4 Å². The maximum atomic E-state index is 13.3. The molecular formula is C25H27F6N7O4. The van der Waals surface area contributed by atoms with E-state index >= 15 is 0 Å². The first-order chi connectivity index (χ1) is 19.6. The highest BCUT2D eigenvalue weighted by atomic mass is 19.4. The topological polar surface area (TPSA) is 138 Å². The Kier molecular flexibility index (Phi) is 7.57. The number of aryl methyl sites for hydroxylation is 1. The second kappa shape index (κ2) is 10.7. The number of alkyl halides is 6. The summed E-state index contributed by atoms with van der Waals surface area (Å²) in [7, 11) is 0. The molecule has 3 aromatic rings. The zero-order chi connectivity index (χ0) is 30.6. The fourth-order valence-electron chi connectivity index (χ4n) is 5.01. The van der Waals surface area contributed by atoms with E-state index in [1.165, 1.54) is 18.7 Å². The molecule has 2 fully saturated rings. The van der Waals surface area contributed by atoms with Crippen LogP contribution in [0.3, 0.4) is 0 Å². The van der Waals surface area contributed by atoms with Crippen molar-refractivity contribution in [2.75, 3.05) is 6.54 Å². The zero-order valence-electron chi connectivity index (χ0n) is 22.5. The largest absolute Gasteiger partial charge is 0.414 e. The van der Waals surface area contributed by atoms with Crippen LogP contribution in [0.5, 0.6) is 0 Å². The minimum Gasteiger partial charge on any atom is -0.364 e. The van der Waals surface area contributed by atoms with Crippen LogP contribution in [0.4, 0.5) is 31.1 Å². The molecule has 228 valence electrons. The van der Waals surface area contributed by atoms with Crippen molar-refractivity contribution in [3.63, 3.8) is 0 Å². The van der Waals surface area contributed by atoms with Gasteiger partial charge < -0.3 is 25.3 Å². The highest BCUT2D eigenvalue weighted by Gasteiger charge is 2.51. The van der Waals surface area contributed by atoms with Gasteiger partial charge in [-0.05, 0) is 62.4 Å². The summed E-state index contributed by atoms with van der Waals surface area (Å²) in [4.78, 5) is 34.1. The molecule has 3 amide bonds. The molecule has 0 bridgehead atoms. The second-order valence-electron chi connectivity index (χ2n) is 10.6. The number of urea groups is 1. The summed E-state index contributed by atoms with van der Waals surface area (Å²) in [6.45, 7) is 3.10. The lowest BCUT2D eigenvalue weighted by Crippen LogP contribution is -2.41. The number of fused-ring (bicyclic) bond motifs is 1. The van der Waals surface area contributed by atoms with Gasteiger partial charge in [0.05, 0.1) is 29.7 Å². The molecule has 0 radical (unpaired) electrons. The van der Waals surface area contributed by atoms with Crippen LogP contribution in [0.15, 0.2) is 22.8 Å². The van der Waals surface area contributed by atoms with Gasteiger partial charge in [-0.3, -0.25) is 4.79 Å². The van der Waals surface area contributed by atoms with E-state index in [4.69, 9.17) is 4.74 Å². The van der Waals surface area contributed by atoms with E-state index in [9.17, 15) is 35.9 Å². The van der Waals surface area contributed by atoms with Crippen LogP contribution in [-0.2, 0) is 4.74 Å². The first kappa shape index (κ1) is 29.6. The Hall–Kier alpha value is -3.89. The highest BCUT2D eigenvalue weighted by Crippen LogP contribution is 2.46. The summed E-state index contributed by atoms with van der Waals surface area (Å²) in [5.41, 5.74) is 1.31. The van der Waals surface area contributed by atoms with Crippen molar-refractivity contribution in [1.29, 1.82) is 0 Å². The SMILES string of the molecule is Cc1nonc1C(=O)N[C@H](c1nc2ccc([C@@H](C3CC3)N3C[C@@H](C(F)(F)F)NC3=O)cc2[nH]1)[C@@H](C)O[C@H](C)C(F)(F)F. The zero-order valence-corrected chi connectivity index (χ0v) is 22.5. The van der Waals surface area contributed by atoms with Crippen LogP contribution >= 0.6 is 0 Å². The Balaban J connectivity index is 1.46. The standard InChI is InChI=1S/C25H27F6N7O4/c1-10-18(37-42-36-10)22(39)35-19(11(2)41-12(3)24(26,27)28)21-32-15-7-6-14(8-16(15)33-21)20(13-4-5-13)38-9-17(25(29,30)31)34-23(38)40/h6-8,11-13,17,19-20H,4-5,9H2,1-3H3,(H,32,33)(H,34,40)(H,35,39)/t11-,12-,17+,19+,20-/m1/s1. The predicted molar refractivity (Wildman–Crippen MR) is 132 cm³/mol. The van der Waals surface area contributed by atoms with Gasteiger partial charge in [0.1, 0.15) is 23.6 Å². The third-order valence-corrected chi connectivity index (χ3v) is 7.40. The Morgan fingerprint density at radius 1 is 1.17 bits per heavy atom. The molecule has 3 heterocycles. The first-order valence-corrected chi connectivity index (χ1v) is 13.1. The van der Waals surface area contributed by atoms with Crippen LogP contribution in [0, 0.1) is 12.8 Å². The molecule has 5 rings (SSSR count). The number of H-pyrrole nitrogens is 1. The van der Waals surface area contributed by atoms with Crippen molar-refractivity contribution in [3.8, 4) is 0 Å². The maximum absolute atomic E-state index is 13.3. The molecule has 1 saturated heterocycles. The van der Waals surface area contributed by atoms with Crippen molar-refractivity contribution in [2.45, 2.75) is 76.3 Å². The minimum absolute atomic E-state index is 0.0359. The van der Waals surface area contributed by atoms with E-state index in [0.29, 0.717) is 16.6 Å². The smallest absolute Gasteiger partial charge is 0.364 e. The van der Waals surface area contributed by atoms with Crippen LogP contribution in [0.25, 0.3) is 11.0 Å². The Labute approximate surface area is 234 Å². The molecule has 1 saturated carbocycles. The van der Waals surface area contributed by atoms with Crippen LogP contribution in [0.2, 0.25) is 0 Å². The van der Waals surface area contributed by atoms with Crippen molar-refractivity contribution in [3.05, 3.63) is 41.0 Å². The molecule has 42 heavy (non-hydrogen) atoms. The number of carbonyl (C=O) groups is 2. The third kappa shape index (κ3) is 6.00. The number of halogens is 6. The number of hydrogen-bond donors (Lipinski definition) is 3. The van der Waals surface area contributed by atoms with Gasteiger partial charge in [-0.15, -0.1) is 0 Å². The van der Waals surface area contributed by atoms with Gasteiger partial charge in [-0.25, -0.2) is 14.4 Å². The van der Waals surface area contributed by atoms with Crippen molar-refractivity contribution >= 4 is 23.0 Å². The molecule has 2 aliphatic rings. The minimum atomic E-state index is -4.66. The summed E-state index contributed by atoms with van der Waals surface area (Å²) in [5.74, 6) is -0.764. The molecule has 11 nitrogen and oxygen atoms in total. The first-order valence-electron chi connectivity index (χ1n) is 13.1. The van der Waals surface area contributed by atoms with Gasteiger partial charge in [-0.2, -0.15) is 26.3 Å². The number of nitrogens with zero attached hydrogens (tertiary/aromatic N) is 4. The molecule has 17 heteroatoms. The molecule has 1 aromatic carbocycles. The maximum Gasteiger partial charge on any atom is 0.414 e. The molecule has 2 aromatic heterocycles. The van der Waals surface area contributed by atoms with Crippen molar-refractivity contribution in [1.82, 2.24) is 35.8 Å². The molecular weight excluding hydrogens is 576 g/mol. The Bertz CT molecular complexity index is 1470. The van der Waals surface area contributed by atoms with E-state index < -0.39 is 61.2 Å². The fraction of sp³-hybridized carbons (Fsp3) is 0.560. The summed E-state index contributed by atoms with van der Waals surface area (Å²) < 4.78 is 89.5. The van der Waals surface area contributed by atoms with Crippen LogP contribution < -0.4 is 10.6 Å². The van der Waals surface area contributed by atoms with Gasteiger partial charge in [0, 0.05) is 0 Å². The van der Waals surface area contributed by atoms with Crippen LogP contribution in [0.1, 0.15) is 66.3 Å². The third-order valence-electron chi connectivity index (χ3n) is 7.40. The summed E-state index contributed by atoms with van der Waals surface area (Å²) in [6.07, 6.45) is -11.2. The van der Waals surface area contributed by atoms with E-state index in [0.717, 1.165) is 19.8 Å². The molecule has 0 unspecified atom stereocenters. The Morgan fingerprint density at radius 2 is 1.88 bits per heavy atom. The van der Waals surface area contributed by atoms with Gasteiger partial charge in [0.25, 0.3) is 5.91 Å². The van der Waals surface area contributed by atoms with E-state index in [-0.39, 0.29) is 23.1 Å². The number of carbonyl (C=O) groups excluding carboxylic acids is 2. The number of hydrogen-bond acceptors (Lipinski definition) is 7. The van der Waals surface area contributed by atoms with Gasteiger partial charge in [0.2, 0.25) is 0 Å². The van der Waals surface area contributed by atoms with E-state index in [1.54, 1.807) is 18.2 Å². The molecule has 5 atom stereocenters. The molecule has 1 aliphatic heterocycles. The number of amides is 3. The highest BCUT2D eigenvalue weighted by molar-refractivity contribution is 5.93. The molecule has 3 N–H and O–H groups in total. The second-order valence-corrected chi connectivity index (χ2v) is 10.6. The van der Waals surface area contributed by atoms with E-state index in [2.05, 4.69) is 30.2 Å². The number of nitrogens with one attached hydrogen (secondary N) is 3. The molecule has 0 spiro atoms. The van der Waals surface area contributed by atoms with Crippen molar-refractivity contribution in [2.24, 2.45) is 5.92 Å². The predicted octanol–water partition coefficient (Wildman–Crippen LogP) is 4.49. The normalized spacial score (nSPS) is 20.8. The number of ether oxygens (including phenoxy) is 1. The summed E-state index contributed by atoms with van der Waals surface area (Å²) in [5, 5.41) is 11.6. The molecule has 1 aliphatic carbocycles. The summed E-state index contributed by atoms with van der Waals surface area (Å²) >= 11 is 0. The number of aromatic amines is 1. The van der Waals surface area contributed by atoms with Gasteiger partial charge in [0.15, 0.2) is 11.8 Å². The average Bonchev–Trinajstić information content (AvgIpc) is 3.28. The van der Waals surface area contributed by atoms with Crippen LogP contribution in [-0.4, -0.2) is 74.3 Å². The van der Waals surface area contributed by atoms with Crippen molar-refractivity contribution < 1.29 is 45.3 Å². The number of rotatable bonds is 9. The number of aromatic nitrogens is 4. The average molecular weight is 604 g/mol. The lowest BCUT2D eigenvalue weighted by Gasteiger charge is -2.27. The lowest BCUT2D eigenvalue weighted by molar-refractivity contribution is -0.227. The summed E-state index contributed by atoms with van der Waals surface area (Å²) in [6, 6.07) is 0.230. The fourth-order valence-corrected chi connectivity index (χ4v) is 5.01. The Morgan fingerprint density at radius 3 is 2.45 bits per heavy atom.